The zero-order valence-corrected chi connectivity index (χ0v) is 31.4. The number of para-hydroxylation sites is 2. The summed E-state index contributed by atoms with van der Waals surface area (Å²) >= 11 is 1.88. The van der Waals surface area contributed by atoms with Crippen molar-refractivity contribution < 1.29 is 4.42 Å². The van der Waals surface area contributed by atoms with Crippen LogP contribution in [-0.2, 0) is 0 Å². The van der Waals surface area contributed by atoms with E-state index in [1.54, 1.807) is 0 Å². The lowest BCUT2D eigenvalue weighted by Crippen LogP contribution is -2.11. The molecule has 1 aliphatic carbocycles. The second kappa shape index (κ2) is 13.3. The van der Waals surface area contributed by atoms with Gasteiger partial charge in [0, 0.05) is 53.9 Å². The molecule has 2 heterocycles. The van der Waals surface area contributed by atoms with Crippen molar-refractivity contribution >= 4 is 81.3 Å². The lowest BCUT2D eigenvalue weighted by atomic mass is 9.80. The first-order valence-electron chi connectivity index (χ1n) is 19.6. The fourth-order valence-corrected chi connectivity index (χ4v) is 10.5. The second-order valence-corrected chi connectivity index (χ2v) is 16.1. The zero-order valence-electron chi connectivity index (χ0n) is 30.5. The molecular formula is C52H39NOS. The lowest BCUT2D eigenvalue weighted by molar-refractivity contribution is 0.445. The topological polar surface area (TPSA) is 16.4 Å². The molecule has 10 aromatic rings. The summed E-state index contributed by atoms with van der Waals surface area (Å²) in [5, 5.41) is 7.62. The fraction of sp³-hybridized carbons (Fsp3) is 0.115. The van der Waals surface area contributed by atoms with Gasteiger partial charge in [-0.2, -0.15) is 0 Å². The Labute approximate surface area is 324 Å². The molecule has 0 N–H and O–H groups in total. The van der Waals surface area contributed by atoms with Crippen LogP contribution in [0.5, 0.6) is 0 Å². The van der Waals surface area contributed by atoms with Crippen LogP contribution in [0.4, 0.5) is 17.1 Å². The summed E-state index contributed by atoms with van der Waals surface area (Å²) in [6.07, 6.45) is 6.50. The predicted molar refractivity (Wildman–Crippen MR) is 235 cm³/mol. The third kappa shape index (κ3) is 5.45. The van der Waals surface area contributed by atoms with Crippen molar-refractivity contribution in [3.63, 3.8) is 0 Å². The first-order valence-corrected chi connectivity index (χ1v) is 20.4. The molecule has 0 unspecified atom stereocenters. The maximum Gasteiger partial charge on any atom is 0.137 e. The second-order valence-electron chi connectivity index (χ2n) is 15.0. The summed E-state index contributed by atoms with van der Waals surface area (Å²) in [6.45, 7) is 0. The molecule has 2 aromatic heterocycles. The van der Waals surface area contributed by atoms with Crippen molar-refractivity contribution in [3.05, 3.63) is 175 Å². The molecule has 0 spiro atoms. The van der Waals surface area contributed by atoms with Gasteiger partial charge in [0.15, 0.2) is 0 Å². The Morgan fingerprint density at radius 3 is 2.05 bits per heavy atom. The molecule has 2 nitrogen and oxygen atoms in total. The van der Waals surface area contributed by atoms with E-state index in [0.717, 1.165) is 39.0 Å². The molecule has 8 aromatic carbocycles. The predicted octanol–water partition coefficient (Wildman–Crippen LogP) is 16.0. The Hall–Kier alpha value is -6.16. The van der Waals surface area contributed by atoms with E-state index in [1.807, 2.05) is 17.4 Å². The quantitative estimate of drug-likeness (QED) is 0.170. The third-order valence-electron chi connectivity index (χ3n) is 11.9. The summed E-state index contributed by atoms with van der Waals surface area (Å²) < 4.78 is 9.14. The molecule has 0 atom stereocenters. The van der Waals surface area contributed by atoms with Gasteiger partial charge in [0.2, 0.25) is 0 Å². The minimum atomic E-state index is 0.593. The van der Waals surface area contributed by atoms with Gasteiger partial charge >= 0.3 is 0 Å². The molecule has 1 fully saturated rings. The van der Waals surface area contributed by atoms with Gasteiger partial charge in [0.25, 0.3) is 0 Å². The van der Waals surface area contributed by atoms with Gasteiger partial charge in [0.05, 0.1) is 5.69 Å². The molecule has 0 bridgehead atoms. The van der Waals surface area contributed by atoms with Crippen LogP contribution in [0.1, 0.15) is 43.6 Å². The van der Waals surface area contributed by atoms with Crippen molar-refractivity contribution in [3.8, 4) is 22.3 Å². The van der Waals surface area contributed by atoms with E-state index in [4.69, 9.17) is 4.42 Å². The molecule has 0 aliphatic heterocycles. The number of furan rings is 1. The molecule has 0 amide bonds. The van der Waals surface area contributed by atoms with E-state index < -0.39 is 0 Å². The van der Waals surface area contributed by atoms with Crippen molar-refractivity contribution in [1.82, 2.24) is 0 Å². The number of fused-ring (bicyclic) bond motifs is 7. The lowest BCUT2D eigenvalue weighted by Gasteiger charge is -2.29. The van der Waals surface area contributed by atoms with Crippen LogP contribution >= 0.6 is 11.3 Å². The zero-order chi connectivity index (χ0) is 36.3. The van der Waals surface area contributed by atoms with Gasteiger partial charge in [-0.1, -0.05) is 141 Å². The van der Waals surface area contributed by atoms with Crippen molar-refractivity contribution in [2.75, 3.05) is 4.90 Å². The molecule has 11 rings (SSSR count). The number of hydrogen-bond acceptors (Lipinski definition) is 3. The smallest absolute Gasteiger partial charge is 0.137 e. The molecule has 1 saturated carbocycles. The van der Waals surface area contributed by atoms with Crippen molar-refractivity contribution in [1.29, 1.82) is 0 Å². The van der Waals surface area contributed by atoms with Crippen molar-refractivity contribution in [2.45, 2.75) is 38.0 Å². The molecular weight excluding hydrogens is 687 g/mol. The van der Waals surface area contributed by atoms with E-state index in [0.29, 0.717) is 5.92 Å². The van der Waals surface area contributed by atoms with Gasteiger partial charge in [-0.3, -0.25) is 0 Å². The Morgan fingerprint density at radius 1 is 0.491 bits per heavy atom. The van der Waals surface area contributed by atoms with Crippen LogP contribution in [0.2, 0.25) is 0 Å². The van der Waals surface area contributed by atoms with Crippen molar-refractivity contribution in [2.24, 2.45) is 0 Å². The fourth-order valence-electron chi connectivity index (χ4n) is 9.29. The molecule has 3 heteroatoms. The van der Waals surface area contributed by atoms with E-state index in [2.05, 4.69) is 169 Å². The highest BCUT2D eigenvalue weighted by Gasteiger charge is 2.23. The van der Waals surface area contributed by atoms with E-state index in [1.165, 1.54) is 90.9 Å². The average Bonchev–Trinajstić information content (AvgIpc) is 3.82. The number of hydrogen-bond donors (Lipinski definition) is 0. The molecule has 1 aliphatic rings. The van der Waals surface area contributed by atoms with Gasteiger partial charge in [-0.25, -0.2) is 0 Å². The Bertz CT molecular complexity index is 3030. The van der Waals surface area contributed by atoms with E-state index in [9.17, 15) is 0 Å². The Balaban J connectivity index is 1.10. The van der Waals surface area contributed by atoms with Crippen LogP contribution in [0.3, 0.4) is 0 Å². The summed E-state index contributed by atoms with van der Waals surface area (Å²) in [5.41, 5.74) is 11.6. The highest BCUT2D eigenvalue weighted by Crippen LogP contribution is 2.47. The Kier molecular flexibility index (Phi) is 7.81. The van der Waals surface area contributed by atoms with E-state index in [-0.39, 0.29) is 0 Å². The van der Waals surface area contributed by atoms with Crippen LogP contribution in [0.15, 0.2) is 174 Å². The van der Waals surface area contributed by atoms with Gasteiger partial charge in [0.1, 0.15) is 11.2 Å². The number of nitrogens with zero attached hydrogens (tertiary/aromatic N) is 1. The summed E-state index contributed by atoms with van der Waals surface area (Å²) in [7, 11) is 0. The highest BCUT2D eigenvalue weighted by molar-refractivity contribution is 7.26. The average molecular weight is 726 g/mol. The third-order valence-corrected chi connectivity index (χ3v) is 13.1. The molecule has 55 heavy (non-hydrogen) atoms. The number of benzene rings is 8. The van der Waals surface area contributed by atoms with Gasteiger partial charge < -0.3 is 9.32 Å². The van der Waals surface area contributed by atoms with Crippen LogP contribution in [0.25, 0.3) is 75.1 Å². The molecule has 264 valence electrons. The van der Waals surface area contributed by atoms with Crippen LogP contribution in [0, 0.1) is 0 Å². The molecule has 0 saturated heterocycles. The van der Waals surface area contributed by atoms with Gasteiger partial charge in [-0.15, -0.1) is 11.3 Å². The monoisotopic (exact) mass is 725 g/mol. The minimum absolute atomic E-state index is 0.593. The number of rotatable bonds is 6. The van der Waals surface area contributed by atoms with Gasteiger partial charge in [-0.05, 0) is 94.3 Å². The maximum absolute atomic E-state index is 6.49. The highest BCUT2D eigenvalue weighted by atomic mass is 32.1. The maximum atomic E-state index is 6.49. The van der Waals surface area contributed by atoms with E-state index >= 15 is 0 Å². The first kappa shape index (κ1) is 32.3. The summed E-state index contributed by atoms with van der Waals surface area (Å²) in [6, 6.07) is 62.4. The van der Waals surface area contributed by atoms with Crippen LogP contribution in [-0.4, -0.2) is 0 Å². The standard InChI is InChI=1S/C52H39NOS/c1-2-13-34(14-3-1)39-20-10-15-36-16-11-22-45(51(36)39)41-17-4-7-24-47(41)53(38-31-32-43-42-18-5-8-25-48(42)54-49(43)33-38)37-29-27-35(28-30-37)40-21-12-23-46-44-19-6-9-26-50(44)55-52(40)46/h4-12,15-34H,1-3,13-14H2. The molecule has 0 radical (unpaired) electrons. The minimum Gasteiger partial charge on any atom is -0.456 e. The first-order chi connectivity index (χ1) is 27.3. The summed E-state index contributed by atoms with van der Waals surface area (Å²) in [5.74, 6) is 0.593. The Morgan fingerprint density at radius 2 is 1.16 bits per heavy atom. The van der Waals surface area contributed by atoms with Crippen LogP contribution < -0.4 is 4.90 Å². The largest absolute Gasteiger partial charge is 0.456 e. The summed E-state index contributed by atoms with van der Waals surface area (Å²) in [4.78, 5) is 2.42. The number of anilines is 3. The number of thiophene rings is 1. The normalized spacial score (nSPS) is 13.7. The SMILES string of the molecule is c1ccc(N(c2ccc(-c3cccc4c3sc3ccccc34)cc2)c2ccc3c(c2)oc2ccccc23)c(-c2cccc3cccc(C4CCCCC4)c23)c1.